The Balaban J connectivity index is 1.97. The first-order valence-corrected chi connectivity index (χ1v) is 5.73. The third-order valence-corrected chi connectivity index (χ3v) is 2.53. The topological polar surface area (TPSA) is 95.4 Å². The van der Waals surface area contributed by atoms with Crippen LogP contribution in [0.1, 0.15) is 5.69 Å². The van der Waals surface area contributed by atoms with Crippen molar-refractivity contribution in [1.82, 2.24) is 30.2 Å². The summed E-state index contributed by atoms with van der Waals surface area (Å²) >= 11 is 0. The van der Waals surface area contributed by atoms with Gasteiger partial charge >= 0.3 is 0 Å². The molecule has 0 unspecified atom stereocenters. The van der Waals surface area contributed by atoms with Crippen molar-refractivity contribution in [2.45, 2.75) is 6.54 Å². The maximum atomic E-state index is 5.52. The van der Waals surface area contributed by atoms with E-state index in [9.17, 15) is 0 Å². The lowest BCUT2D eigenvalue weighted by atomic mass is 10.2. The Bertz CT molecular complexity index is 677. The maximum absolute atomic E-state index is 5.52. The van der Waals surface area contributed by atoms with Gasteiger partial charge in [-0.2, -0.15) is 0 Å². The molecule has 0 radical (unpaired) electrons. The molecular formula is C12H11N7. The van der Waals surface area contributed by atoms with Gasteiger partial charge in [-0.15, -0.1) is 15.0 Å². The van der Waals surface area contributed by atoms with Gasteiger partial charge in [-0.25, -0.2) is 4.98 Å². The first-order chi connectivity index (χ1) is 9.36. The molecule has 94 valence electrons. The average Bonchev–Trinajstić information content (AvgIpc) is 2.98. The number of nitrogens with zero attached hydrogens (tertiary/aromatic N) is 6. The molecule has 2 aromatic heterocycles. The van der Waals surface area contributed by atoms with Crippen molar-refractivity contribution in [2.75, 3.05) is 0 Å². The molecule has 0 saturated carbocycles. The van der Waals surface area contributed by atoms with Crippen LogP contribution in [-0.4, -0.2) is 30.2 Å². The molecule has 3 rings (SSSR count). The van der Waals surface area contributed by atoms with Crippen molar-refractivity contribution in [3.8, 4) is 17.2 Å². The average molecular weight is 253 g/mol. The zero-order valence-corrected chi connectivity index (χ0v) is 10.0. The van der Waals surface area contributed by atoms with Gasteiger partial charge in [-0.05, 0) is 5.21 Å². The van der Waals surface area contributed by atoms with Gasteiger partial charge in [0.1, 0.15) is 0 Å². The second-order valence-electron chi connectivity index (χ2n) is 3.84. The van der Waals surface area contributed by atoms with Crippen LogP contribution < -0.4 is 5.73 Å². The summed E-state index contributed by atoms with van der Waals surface area (Å²) in [6.07, 6.45) is 3.17. The molecule has 0 aliphatic heterocycles. The molecule has 0 aliphatic carbocycles. The van der Waals surface area contributed by atoms with E-state index in [2.05, 4.69) is 25.4 Å². The van der Waals surface area contributed by atoms with E-state index in [1.807, 2.05) is 30.3 Å². The van der Waals surface area contributed by atoms with E-state index in [4.69, 9.17) is 5.73 Å². The van der Waals surface area contributed by atoms with Crippen LogP contribution >= 0.6 is 0 Å². The predicted molar refractivity (Wildman–Crippen MR) is 68.1 cm³/mol. The molecule has 1 aromatic carbocycles. The molecule has 7 nitrogen and oxygen atoms in total. The minimum Gasteiger partial charge on any atom is -0.325 e. The Hall–Kier alpha value is -2.67. The number of tetrazole rings is 1. The first-order valence-electron chi connectivity index (χ1n) is 5.73. The highest BCUT2D eigenvalue weighted by Crippen LogP contribution is 2.12. The van der Waals surface area contributed by atoms with Crippen molar-refractivity contribution in [3.05, 3.63) is 48.4 Å². The molecule has 2 N–H and O–H groups in total. The number of hydrogen-bond acceptors (Lipinski definition) is 6. The van der Waals surface area contributed by atoms with Gasteiger partial charge in [-0.3, -0.25) is 4.98 Å². The lowest BCUT2D eigenvalue weighted by Gasteiger charge is -1.99. The van der Waals surface area contributed by atoms with Crippen molar-refractivity contribution >= 4 is 0 Å². The van der Waals surface area contributed by atoms with Gasteiger partial charge in [-0.1, -0.05) is 30.3 Å². The van der Waals surface area contributed by atoms with Crippen molar-refractivity contribution < 1.29 is 0 Å². The number of rotatable bonds is 3. The third-order valence-electron chi connectivity index (χ3n) is 2.53. The summed E-state index contributed by atoms with van der Waals surface area (Å²) < 4.78 is 0. The fourth-order valence-corrected chi connectivity index (χ4v) is 1.60. The highest BCUT2D eigenvalue weighted by molar-refractivity contribution is 5.53. The van der Waals surface area contributed by atoms with Crippen LogP contribution in [0.15, 0.2) is 42.7 Å². The van der Waals surface area contributed by atoms with Crippen molar-refractivity contribution in [1.29, 1.82) is 0 Å². The van der Waals surface area contributed by atoms with Gasteiger partial charge in [0, 0.05) is 18.3 Å². The fourth-order valence-electron chi connectivity index (χ4n) is 1.60. The third kappa shape index (κ3) is 2.31. The molecule has 0 fully saturated rings. The highest BCUT2D eigenvalue weighted by atomic mass is 15.6. The predicted octanol–water partition coefficient (Wildman–Crippen LogP) is 0.578. The number of benzene rings is 1. The summed E-state index contributed by atoms with van der Waals surface area (Å²) in [7, 11) is 0. The number of aromatic nitrogens is 6. The lowest BCUT2D eigenvalue weighted by Crippen LogP contribution is -2.07. The number of hydrogen-bond donors (Lipinski definition) is 1. The number of nitrogens with two attached hydrogens (primary N) is 1. The zero-order chi connectivity index (χ0) is 13.1. The van der Waals surface area contributed by atoms with E-state index >= 15 is 0 Å². The second-order valence-corrected chi connectivity index (χ2v) is 3.84. The summed E-state index contributed by atoms with van der Waals surface area (Å²) in [6.45, 7) is 0.321. The van der Waals surface area contributed by atoms with E-state index in [1.165, 1.54) is 4.80 Å². The fraction of sp³-hybridized carbons (Fsp3) is 0.0833. The molecule has 3 aromatic rings. The Morgan fingerprint density at radius 2 is 1.95 bits per heavy atom. The SMILES string of the molecule is NCc1cncc(-n2nnc(-c3ccccc3)n2)n1. The Morgan fingerprint density at radius 3 is 2.74 bits per heavy atom. The van der Waals surface area contributed by atoms with Crippen LogP contribution in [0.2, 0.25) is 0 Å². The zero-order valence-electron chi connectivity index (χ0n) is 10.0. The van der Waals surface area contributed by atoms with E-state index in [0.717, 1.165) is 5.56 Å². The molecule has 0 aliphatic rings. The van der Waals surface area contributed by atoms with E-state index in [-0.39, 0.29) is 0 Å². The first kappa shape index (κ1) is 11.4. The summed E-state index contributed by atoms with van der Waals surface area (Å²) in [5, 5.41) is 12.2. The highest BCUT2D eigenvalue weighted by Gasteiger charge is 2.08. The Morgan fingerprint density at radius 1 is 1.11 bits per heavy atom. The quantitative estimate of drug-likeness (QED) is 0.733. The maximum Gasteiger partial charge on any atom is 0.205 e. The second kappa shape index (κ2) is 4.91. The molecule has 0 bridgehead atoms. The molecule has 0 spiro atoms. The minimum absolute atomic E-state index is 0.321. The standard InChI is InChI=1S/C12H11N7/c13-6-10-7-14-8-11(15-10)19-17-12(16-18-19)9-4-2-1-3-5-9/h1-5,7-8H,6,13H2. The van der Waals surface area contributed by atoms with Gasteiger partial charge < -0.3 is 5.73 Å². The van der Waals surface area contributed by atoms with E-state index < -0.39 is 0 Å². The summed E-state index contributed by atoms with van der Waals surface area (Å²) in [4.78, 5) is 9.66. The largest absolute Gasteiger partial charge is 0.325 e. The van der Waals surface area contributed by atoms with Crippen LogP contribution in [0.25, 0.3) is 17.2 Å². The van der Waals surface area contributed by atoms with Gasteiger partial charge in [0.05, 0.1) is 11.9 Å². The van der Waals surface area contributed by atoms with Crippen LogP contribution in [0, 0.1) is 0 Å². The molecule has 2 heterocycles. The van der Waals surface area contributed by atoms with Gasteiger partial charge in [0.25, 0.3) is 0 Å². The van der Waals surface area contributed by atoms with Crippen molar-refractivity contribution in [2.24, 2.45) is 5.73 Å². The smallest absolute Gasteiger partial charge is 0.205 e. The Kier molecular flexibility index (Phi) is 2.95. The molecule has 19 heavy (non-hydrogen) atoms. The lowest BCUT2D eigenvalue weighted by molar-refractivity contribution is 0.690. The summed E-state index contributed by atoms with van der Waals surface area (Å²) in [5.41, 5.74) is 7.10. The molecule has 7 heteroatoms. The van der Waals surface area contributed by atoms with Crippen LogP contribution in [0.3, 0.4) is 0 Å². The molecule has 0 amide bonds. The van der Waals surface area contributed by atoms with E-state index in [0.29, 0.717) is 23.9 Å². The Labute approximate surface area is 109 Å². The van der Waals surface area contributed by atoms with Crippen LogP contribution in [0.4, 0.5) is 0 Å². The summed E-state index contributed by atoms with van der Waals surface area (Å²) in [5.74, 6) is 1.04. The van der Waals surface area contributed by atoms with Crippen LogP contribution in [-0.2, 0) is 6.54 Å². The minimum atomic E-state index is 0.321. The van der Waals surface area contributed by atoms with Crippen molar-refractivity contribution in [3.63, 3.8) is 0 Å². The monoisotopic (exact) mass is 253 g/mol. The molecule has 0 saturated heterocycles. The van der Waals surface area contributed by atoms with Gasteiger partial charge in [0.2, 0.25) is 5.82 Å². The summed E-state index contributed by atoms with van der Waals surface area (Å²) in [6, 6.07) is 9.62. The molecular weight excluding hydrogens is 242 g/mol. The normalized spacial score (nSPS) is 10.6. The van der Waals surface area contributed by atoms with Crippen LogP contribution in [0.5, 0.6) is 0 Å². The molecule has 0 atom stereocenters. The van der Waals surface area contributed by atoms with Gasteiger partial charge in [0.15, 0.2) is 5.82 Å². The van der Waals surface area contributed by atoms with E-state index in [1.54, 1.807) is 12.4 Å².